The first-order valence-corrected chi connectivity index (χ1v) is 15.2. The summed E-state index contributed by atoms with van der Waals surface area (Å²) in [7, 11) is 0. The maximum Gasteiger partial charge on any atom is 0.329 e. The number of rotatable bonds is 18. The smallest absolute Gasteiger partial charge is 0.329 e. The molecule has 0 saturated carbocycles. The van der Waals surface area contributed by atoms with Crippen LogP contribution in [0.2, 0.25) is 0 Å². The molecular weight excluding hydrogens is 620 g/mol. The highest BCUT2D eigenvalue weighted by atomic mass is 16.5. The average molecular weight is 655 g/mol. The van der Waals surface area contributed by atoms with Gasteiger partial charge in [0, 0.05) is 12.8 Å². The number of carbonyl (C=O) groups excluding carboxylic acids is 3. The predicted molar refractivity (Wildman–Crippen MR) is 164 cm³/mol. The fraction of sp³-hybridized carbons (Fsp3) is 0.387. The summed E-state index contributed by atoms with van der Waals surface area (Å²) >= 11 is 0. The highest BCUT2D eigenvalue weighted by molar-refractivity contribution is 5.87. The highest BCUT2D eigenvalue weighted by Crippen LogP contribution is 2.10. The van der Waals surface area contributed by atoms with Crippen molar-refractivity contribution in [2.24, 2.45) is 0 Å². The number of nitrogens with zero attached hydrogens (tertiary/aromatic N) is 10. The standard InChI is InChI=1S/C31H34N12O5/c32-17-7-19-42-27(36-38-40-42)15-13-25(29(44)47-21-23-9-3-1-4-10-23)34-31(46)35-26(30(45)48-22-24-11-5-2-6-12-24)14-16-28-37-39-41-43(28)20-8-18-33/h1-6,9-12,25-26H,7-8,13-16,19-22H2,(H2,34,35,46)/t25-,26-/m0/s1. The van der Waals surface area contributed by atoms with Crippen LogP contribution in [0.3, 0.4) is 0 Å². The van der Waals surface area contributed by atoms with Crippen LogP contribution < -0.4 is 10.6 Å². The Morgan fingerprint density at radius 1 is 0.688 bits per heavy atom. The predicted octanol–water partition coefficient (Wildman–Crippen LogP) is 1.58. The number of carbonyl (C=O) groups is 3. The van der Waals surface area contributed by atoms with Gasteiger partial charge in [-0.2, -0.15) is 10.5 Å². The van der Waals surface area contributed by atoms with E-state index >= 15 is 0 Å². The van der Waals surface area contributed by atoms with E-state index < -0.39 is 30.1 Å². The van der Waals surface area contributed by atoms with E-state index in [1.807, 2.05) is 48.5 Å². The SMILES string of the molecule is N#CCCn1nnnc1CC[C@H](NC(=O)N[C@@H](CCc1nnnn1CCC#N)C(=O)OCc1ccccc1)C(=O)OCc1ccccc1. The molecule has 17 nitrogen and oxygen atoms in total. The molecule has 2 heterocycles. The van der Waals surface area contributed by atoms with Crippen molar-refractivity contribution >= 4 is 18.0 Å². The molecule has 0 unspecified atom stereocenters. The third-order valence-electron chi connectivity index (χ3n) is 7.02. The quantitative estimate of drug-likeness (QED) is 0.145. The Morgan fingerprint density at radius 2 is 1.10 bits per heavy atom. The monoisotopic (exact) mass is 654 g/mol. The lowest BCUT2D eigenvalue weighted by Crippen LogP contribution is -2.52. The Bertz CT molecular complexity index is 1570. The topological polar surface area (TPSA) is 229 Å². The van der Waals surface area contributed by atoms with Crippen LogP contribution in [0.5, 0.6) is 0 Å². The molecule has 0 aliphatic carbocycles. The first kappa shape index (κ1) is 34.6. The van der Waals surface area contributed by atoms with E-state index in [9.17, 15) is 14.4 Å². The second kappa shape index (κ2) is 18.7. The number of urea groups is 1. The van der Waals surface area contributed by atoms with Crippen LogP contribution in [0.15, 0.2) is 60.7 Å². The third-order valence-corrected chi connectivity index (χ3v) is 7.02. The first-order chi connectivity index (χ1) is 23.5. The van der Waals surface area contributed by atoms with Gasteiger partial charge in [-0.1, -0.05) is 60.7 Å². The van der Waals surface area contributed by atoms with Crippen LogP contribution in [0.1, 0.15) is 48.5 Å². The first-order valence-electron chi connectivity index (χ1n) is 15.2. The zero-order chi connectivity index (χ0) is 34.0. The minimum absolute atomic E-state index is 0.0195. The normalized spacial score (nSPS) is 11.8. The van der Waals surface area contributed by atoms with Gasteiger partial charge in [-0.25, -0.2) is 23.7 Å². The summed E-state index contributed by atoms with van der Waals surface area (Å²) in [5, 5.41) is 46.2. The number of aryl methyl sites for hydroxylation is 4. The van der Waals surface area contributed by atoms with Crippen molar-refractivity contribution < 1.29 is 23.9 Å². The van der Waals surface area contributed by atoms with Crippen LogP contribution in [-0.2, 0) is 58.2 Å². The lowest BCUT2D eigenvalue weighted by atomic mass is 10.1. The Hall–Kier alpha value is -6.23. The zero-order valence-corrected chi connectivity index (χ0v) is 26.0. The van der Waals surface area contributed by atoms with Gasteiger partial charge in [0.2, 0.25) is 0 Å². The summed E-state index contributed by atoms with van der Waals surface area (Å²) in [4.78, 5) is 39.9. The molecule has 2 atom stereocenters. The molecule has 0 spiro atoms. The number of nitrogens with one attached hydrogen (secondary N) is 2. The fourth-order valence-electron chi connectivity index (χ4n) is 4.53. The molecule has 2 aromatic heterocycles. The van der Waals surface area contributed by atoms with Crippen LogP contribution in [-0.4, -0.2) is 70.5 Å². The van der Waals surface area contributed by atoms with Crippen molar-refractivity contribution in [2.45, 2.75) is 76.9 Å². The van der Waals surface area contributed by atoms with Crippen molar-refractivity contribution in [1.82, 2.24) is 51.0 Å². The number of nitriles is 2. The minimum Gasteiger partial charge on any atom is -0.459 e. The molecule has 4 rings (SSSR count). The summed E-state index contributed by atoms with van der Waals surface area (Å²) in [5.41, 5.74) is 1.51. The van der Waals surface area contributed by atoms with Crippen molar-refractivity contribution in [3.05, 3.63) is 83.4 Å². The molecule has 0 bridgehead atoms. The van der Waals surface area contributed by atoms with Gasteiger partial charge >= 0.3 is 18.0 Å². The Kier molecular flexibility index (Phi) is 13.5. The highest BCUT2D eigenvalue weighted by Gasteiger charge is 2.28. The lowest BCUT2D eigenvalue weighted by Gasteiger charge is -2.21. The number of benzene rings is 2. The van der Waals surface area contributed by atoms with E-state index in [1.54, 1.807) is 24.3 Å². The van der Waals surface area contributed by atoms with Gasteiger partial charge in [-0.15, -0.1) is 10.2 Å². The van der Waals surface area contributed by atoms with E-state index in [0.29, 0.717) is 11.6 Å². The van der Waals surface area contributed by atoms with Crippen LogP contribution in [0.4, 0.5) is 4.79 Å². The van der Waals surface area contributed by atoms with Gasteiger partial charge in [-0.3, -0.25) is 0 Å². The van der Waals surface area contributed by atoms with Gasteiger partial charge in [-0.05, 0) is 44.8 Å². The second-order valence-corrected chi connectivity index (χ2v) is 10.4. The van der Waals surface area contributed by atoms with Crippen LogP contribution >= 0.6 is 0 Å². The van der Waals surface area contributed by atoms with Crippen molar-refractivity contribution in [3.8, 4) is 12.1 Å². The minimum atomic E-state index is -1.14. The number of hydrogen-bond acceptors (Lipinski definition) is 13. The van der Waals surface area contributed by atoms with Gasteiger partial charge in [0.25, 0.3) is 0 Å². The maximum absolute atomic E-state index is 13.4. The molecule has 4 aromatic rings. The molecular formula is C31H34N12O5. The largest absolute Gasteiger partial charge is 0.459 e. The average Bonchev–Trinajstić information content (AvgIpc) is 3.77. The number of tetrazole rings is 2. The molecule has 0 fully saturated rings. The summed E-state index contributed by atoms with van der Waals surface area (Å²) in [6.07, 6.45) is 0.854. The van der Waals surface area contributed by atoms with Gasteiger partial charge < -0.3 is 20.1 Å². The number of aromatic nitrogens is 8. The summed E-state index contributed by atoms with van der Waals surface area (Å²) in [6, 6.07) is 19.1. The Labute approximate surface area is 275 Å². The Morgan fingerprint density at radius 3 is 1.50 bits per heavy atom. The van der Waals surface area contributed by atoms with Crippen molar-refractivity contribution in [1.29, 1.82) is 10.5 Å². The third kappa shape index (κ3) is 11.0. The van der Waals surface area contributed by atoms with E-state index in [2.05, 4.69) is 41.7 Å². The number of amides is 2. The van der Waals surface area contributed by atoms with Gasteiger partial charge in [0.1, 0.15) is 25.3 Å². The Balaban J connectivity index is 1.45. The van der Waals surface area contributed by atoms with Crippen LogP contribution in [0.25, 0.3) is 0 Å². The molecule has 2 aromatic carbocycles. The van der Waals surface area contributed by atoms with Gasteiger partial charge in [0.05, 0.1) is 38.1 Å². The van der Waals surface area contributed by atoms with E-state index in [4.69, 9.17) is 20.0 Å². The summed E-state index contributed by atoms with van der Waals surface area (Å²) < 4.78 is 13.9. The number of esters is 2. The molecule has 2 N–H and O–H groups in total. The number of ether oxygens (including phenoxy) is 2. The van der Waals surface area contributed by atoms with E-state index in [0.717, 1.165) is 11.1 Å². The maximum atomic E-state index is 13.4. The van der Waals surface area contributed by atoms with Gasteiger partial charge in [0.15, 0.2) is 11.6 Å². The molecule has 2 amide bonds. The summed E-state index contributed by atoms with van der Waals surface area (Å²) in [6.45, 7) is 0.494. The number of hydrogen-bond donors (Lipinski definition) is 2. The van der Waals surface area contributed by atoms with Crippen LogP contribution in [0, 0.1) is 22.7 Å². The molecule has 0 radical (unpaired) electrons. The molecule has 248 valence electrons. The fourth-order valence-corrected chi connectivity index (χ4v) is 4.53. The zero-order valence-electron chi connectivity index (χ0n) is 26.0. The molecule has 0 saturated heterocycles. The van der Waals surface area contributed by atoms with Crippen molar-refractivity contribution in [2.75, 3.05) is 0 Å². The lowest BCUT2D eigenvalue weighted by molar-refractivity contribution is -0.147. The molecule has 48 heavy (non-hydrogen) atoms. The van der Waals surface area contributed by atoms with E-state index in [1.165, 1.54) is 9.36 Å². The second-order valence-electron chi connectivity index (χ2n) is 10.4. The van der Waals surface area contributed by atoms with Crippen molar-refractivity contribution in [3.63, 3.8) is 0 Å². The summed E-state index contributed by atoms with van der Waals surface area (Å²) in [5.74, 6) is -0.565. The van der Waals surface area contributed by atoms with E-state index in [-0.39, 0.29) is 64.8 Å². The molecule has 0 aliphatic heterocycles. The molecule has 0 aliphatic rings. The molecule has 17 heteroatoms.